The molecule has 0 fully saturated rings. The third-order valence-corrected chi connectivity index (χ3v) is 4.80. The molecule has 0 amide bonds. The number of hydrogen-bond acceptors (Lipinski definition) is 4. The molecule has 0 saturated heterocycles. The van der Waals surface area contributed by atoms with Crippen LogP contribution in [0.2, 0.25) is 0 Å². The van der Waals surface area contributed by atoms with Crippen molar-refractivity contribution in [2.24, 2.45) is 10.8 Å². The van der Waals surface area contributed by atoms with Crippen molar-refractivity contribution in [2.45, 2.75) is 64.2 Å². The van der Waals surface area contributed by atoms with Crippen LogP contribution in [0.3, 0.4) is 0 Å². The second-order valence-corrected chi connectivity index (χ2v) is 6.86. The van der Waals surface area contributed by atoms with Gasteiger partial charge in [0.25, 0.3) is 0 Å². The molecule has 23 heavy (non-hydrogen) atoms. The van der Waals surface area contributed by atoms with E-state index in [1.807, 2.05) is 25.6 Å². The van der Waals surface area contributed by atoms with E-state index in [0.717, 1.165) is 11.3 Å². The zero-order valence-electron chi connectivity index (χ0n) is 14.8. The maximum absolute atomic E-state index is 5.67. The Morgan fingerprint density at radius 2 is 1.78 bits per heavy atom. The Bertz CT molecular complexity index is 492. The summed E-state index contributed by atoms with van der Waals surface area (Å²) in [5, 5.41) is 4.27. The van der Waals surface area contributed by atoms with Gasteiger partial charge in [0.2, 0.25) is 0 Å². The van der Waals surface area contributed by atoms with Gasteiger partial charge in [-0.2, -0.15) is 5.10 Å². The molecule has 0 bridgehead atoms. The summed E-state index contributed by atoms with van der Waals surface area (Å²) in [5.41, 5.74) is 10.5. The lowest BCUT2D eigenvalue weighted by Gasteiger charge is -2.05. The predicted octanol–water partition coefficient (Wildman–Crippen LogP) is 5.27. The molecule has 0 unspecified atom stereocenters. The largest absolute Gasteiger partial charge is 0.384 e. The van der Waals surface area contributed by atoms with E-state index in [1.165, 1.54) is 49.2 Å². The molecule has 0 atom stereocenters. The maximum Gasteiger partial charge on any atom is 0.112 e. The molecule has 0 heterocycles. The Kier molecular flexibility index (Phi) is 10.3. The molecule has 128 valence electrons. The van der Waals surface area contributed by atoms with E-state index in [9.17, 15) is 0 Å². The molecular weight excluding hydrogens is 302 g/mol. The van der Waals surface area contributed by atoms with Crippen LogP contribution in [-0.2, 0) is 0 Å². The summed E-state index contributed by atoms with van der Waals surface area (Å²) in [6.07, 6.45) is 9.92. The molecule has 1 aromatic carbocycles. The minimum Gasteiger partial charge on any atom is -0.384 e. The lowest BCUT2D eigenvalue weighted by atomic mass is 10.1. The Hall–Kier alpha value is -1.42. The summed E-state index contributed by atoms with van der Waals surface area (Å²) in [7, 11) is 0. The van der Waals surface area contributed by atoms with Crippen LogP contribution in [0, 0.1) is 0 Å². The van der Waals surface area contributed by atoms with E-state index in [4.69, 9.17) is 5.73 Å². The van der Waals surface area contributed by atoms with Crippen LogP contribution in [0.5, 0.6) is 0 Å². The van der Waals surface area contributed by atoms with E-state index >= 15 is 0 Å². The SMILES string of the molecule is C/C=C(\N)N/N=C(\C)c1ccc(SCCCCCCCC)cc1. The third kappa shape index (κ3) is 8.70. The van der Waals surface area contributed by atoms with E-state index in [1.54, 1.807) is 6.08 Å². The van der Waals surface area contributed by atoms with Crippen LogP contribution in [0.25, 0.3) is 0 Å². The summed E-state index contributed by atoms with van der Waals surface area (Å²) < 4.78 is 0. The number of nitrogens with one attached hydrogen (secondary N) is 1. The predicted molar refractivity (Wildman–Crippen MR) is 104 cm³/mol. The number of nitrogens with two attached hydrogens (primary N) is 1. The minimum absolute atomic E-state index is 0.565. The molecule has 0 aliphatic carbocycles. The fraction of sp³-hybridized carbons (Fsp3) is 0.526. The number of nitrogens with zero attached hydrogens (tertiary/aromatic N) is 1. The molecule has 1 rings (SSSR count). The molecule has 0 saturated carbocycles. The summed E-state index contributed by atoms with van der Waals surface area (Å²) in [4.78, 5) is 1.33. The smallest absolute Gasteiger partial charge is 0.112 e. The third-order valence-electron chi connectivity index (χ3n) is 3.70. The van der Waals surface area contributed by atoms with Crippen LogP contribution < -0.4 is 11.2 Å². The van der Waals surface area contributed by atoms with Crippen LogP contribution in [0.1, 0.15) is 64.9 Å². The van der Waals surface area contributed by atoms with Gasteiger partial charge in [-0.25, -0.2) is 0 Å². The van der Waals surface area contributed by atoms with Gasteiger partial charge >= 0.3 is 0 Å². The molecule has 0 spiro atoms. The van der Waals surface area contributed by atoms with Gasteiger partial charge in [0.15, 0.2) is 0 Å². The lowest BCUT2D eigenvalue weighted by molar-refractivity contribution is 0.627. The van der Waals surface area contributed by atoms with Crippen molar-refractivity contribution in [1.82, 2.24) is 5.43 Å². The van der Waals surface area contributed by atoms with Crippen LogP contribution >= 0.6 is 11.8 Å². The highest BCUT2D eigenvalue weighted by Gasteiger charge is 1.99. The molecule has 0 aliphatic heterocycles. The number of hydrogen-bond donors (Lipinski definition) is 2. The van der Waals surface area contributed by atoms with Gasteiger partial charge in [0.05, 0.1) is 5.71 Å². The van der Waals surface area contributed by atoms with Crippen molar-refractivity contribution in [2.75, 3.05) is 5.75 Å². The van der Waals surface area contributed by atoms with Crippen molar-refractivity contribution in [3.8, 4) is 0 Å². The second-order valence-electron chi connectivity index (χ2n) is 5.69. The summed E-state index contributed by atoms with van der Waals surface area (Å²) >= 11 is 1.94. The Morgan fingerprint density at radius 3 is 2.43 bits per heavy atom. The molecular formula is C19H31N3S. The first-order valence-corrected chi connectivity index (χ1v) is 9.61. The van der Waals surface area contributed by atoms with Gasteiger partial charge in [-0.15, -0.1) is 11.8 Å². The lowest BCUT2D eigenvalue weighted by Crippen LogP contribution is -2.15. The first kappa shape index (κ1) is 19.6. The number of allylic oxidation sites excluding steroid dienone is 1. The molecule has 0 radical (unpaired) electrons. The molecule has 3 nitrogen and oxygen atoms in total. The van der Waals surface area contributed by atoms with Gasteiger partial charge in [0.1, 0.15) is 5.82 Å². The van der Waals surface area contributed by atoms with Crippen molar-refractivity contribution in [3.05, 3.63) is 41.7 Å². The molecule has 4 heteroatoms. The molecule has 0 aromatic heterocycles. The highest BCUT2D eigenvalue weighted by molar-refractivity contribution is 7.99. The average molecular weight is 334 g/mol. The maximum atomic E-state index is 5.67. The van der Waals surface area contributed by atoms with Crippen molar-refractivity contribution in [3.63, 3.8) is 0 Å². The quantitative estimate of drug-likeness (QED) is 0.251. The first-order chi connectivity index (χ1) is 11.2. The van der Waals surface area contributed by atoms with Gasteiger partial charge in [-0.3, -0.25) is 5.43 Å². The zero-order valence-corrected chi connectivity index (χ0v) is 15.6. The molecule has 1 aromatic rings. The second kappa shape index (κ2) is 12.1. The number of hydrazone groups is 1. The van der Waals surface area contributed by atoms with E-state index in [-0.39, 0.29) is 0 Å². The number of thioether (sulfide) groups is 1. The zero-order chi connectivity index (χ0) is 16.9. The van der Waals surface area contributed by atoms with E-state index in [2.05, 4.69) is 41.7 Å². The number of rotatable bonds is 11. The van der Waals surface area contributed by atoms with Crippen LogP contribution in [-0.4, -0.2) is 11.5 Å². The fourth-order valence-electron chi connectivity index (χ4n) is 2.14. The van der Waals surface area contributed by atoms with Gasteiger partial charge < -0.3 is 5.73 Å². The topological polar surface area (TPSA) is 50.4 Å². The van der Waals surface area contributed by atoms with Crippen LogP contribution in [0.15, 0.2) is 46.2 Å². The monoisotopic (exact) mass is 333 g/mol. The normalized spacial score (nSPS) is 12.5. The standard InChI is InChI=1S/C19H31N3S/c1-4-6-7-8-9-10-15-23-18-13-11-17(12-14-18)16(3)21-22-19(20)5-2/h5,11-14,22H,4,6-10,15,20H2,1-3H3/b19-5+,21-16+. The highest BCUT2D eigenvalue weighted by atomic mass is 32.2. The molecule has 3 N–H and O–H groups in total. The van der Waals surface area contributed by atoms with Crippen molar-refractivity contribution < 1.29 is 0 Å². The average Bonchev–Trinajstić information content (AvgIpc) is 2.59. The number of benzene rings is 1. The number of unbranched alkanes of at least 4 members (excludes halogenated alkanes) is 5. The summed E-state index contributed by atoms with van der Waals surface area (Å²) in [6, 6.07) is 8.59. The van der Waals surface area contributed by atoms with Crippen molar-refractivity contribution in [1.29, 1.82) is 0 Å². The van der Waals surface area contributed by atoms with Crippen LogP contribution in [0.4, 0.5) is 0 Å². The first-order valence-electron chi connectivity index (χ1n) is 8.62. The Morgan fingerprint density at radius 1 is 1.13 bits per heavy atom. The Balaban J connectivity index is 2.33. The highest BCUT2D eigenvalue weighted by Crippen LogP contribution is 2.20. The van der Waals surface area contributed by atoms with Gasteiger partial charge in [0, 0.05) is 4.90 Å². The van der Waals surface area contributed by atoms with E-state index in [0.29, 0.717) is 5.82 Å². The van der Waals surface area contributed by atoms with Crippen molar-refractivity contribution >= 4 is 17.5 Å². The van der Waals surface area contributed by atoms with Gasteiger partial charge in [-0.1, -0.05) is 51.2 Å². The minimum atomic E-state index is 0.565. The summed E-state index contributed by atoms with van der Waals surface area (Å²) in [5.74, 6) is 1.77. The molecule has 0 aliphatic rings. The Labute approximate surface area is 145 Å². The van der Waals surface area contributed by atoms with E-state index < -0.39 is 0 Å². The fourth-order valence-corrected chi connectivity index (χ4v) is 3.05. The summed E-state index contributed by atoms with van der Waals surface area (Å²) in [6.45, 7) is 6.12. The van der Waals surface area contributed by atoms with Gasteiger partial charge in [-0.05, 0) is 49.8 Å².